The van der Waals surface area contributed by atoms with Gasteiger partial charge in [-0.15, -0.1) is 0 Å². The first-order chi connectivity index (χ1) is 9.08. The van der Waals surface area contributed by atoms with Gasteiger partial charge >= 0.3 is 0 Å². The highest BCUT2D eigenvalue weighted by molar-refractivity contribution is 7.80. The molecule has 1 saturated heterocycles. The quantitative estimate of drug-likeness (QED) is 0.623. The van der Waals surface area contributed by atoms with Crippen LogP contribution in [0.5, 0.6) is 0 Å². The van der Waals surface area contributed by atoms with E-state index < -0.39 is 7.58 Å². The van der Waals surface area contributed by atoms with Gasteiger partial charge in [-0.25, -0.2) is 0 Å². The lowest BCUT2D eigenvalue weighted by atomic mass is 9.87. The third kappa shape index (κ3) is 4.09. The lowest BCUT2D eigenvalue weighted by molar-refractivity contribution is 0.159. The fraction of sp³-hybridized carbons (Fsp3) is 1.00. The zero-order chi connectivity index (χ0) is 15.1. The van der Waals surface area contributed by atoms with Gasteiger partial charge in [-0.1, -0.05) is 65.6 Å². The summed E-state index contributed by atoms with van der Waals surface area (Å²) in [6, 6.07) is 1.41. The second kappa shape index (κ2) is 6.03. The Kier molecular flexibility index (Phi) is 5.13. The Bertz CT molecular complexity index is 302. The van der Waals surface area contributed by atoms with Gasteiger partial charge in [0.05, 0.1) is 0 Å². The molecule has 2 rings (SSSR count). The van der Waals surface area contributed by atoms with E-state index in [1.54, 1.807) is 0 Å². The predicted molar refractivity (Wildman–Crippen MR) is 91.1 cm³/mol. The molecule has 0 radical (unpaired) electrons. The molecule has 0 N–H and O–H groups in total. The third-order valence-electron chi connectivity index (χ3n) is 4.16. The molecule has 0 aromatic rings. The molecular formula is C16H32ClN2P. The van der Waals surface area contributed by atoms with Crippen LogP contribution in [0.15, 0.2) is 0 Å². The van der Waals surface area contributed by atoms with Crippen LogP contribution in [0.1, 0.15) is 67.2 Å². The lowest BCUT2D eigenvalue weighted by Gasteiger charge is -2.35. The predicted octanol–water partition coefficient (Wildman–Crippen LogP) is 5.47. The van der Waals surface area contributed by atoms with Gasteiger partial charge in [0.1, 0.15) is 7.58 Å². The lowest BCUT2D eigenvalue weighted by Crippen LogP contribution is -2.43. The van der Waals surface area contributed by atoms with Crippen LogP contribution in [0.4, 0.5) is 0 Å². The molecule has 1 heterocycles. The highest BCUT2D eigenvalue weighted by atomic mass is 35.7. The van der Waals surface area contributed by atoms with Gasteiger partial charge in [0.15, 0.2) is 0 Å². The fourth-order valence-electron chi connectivity index (χ4n) is 3.50. The summed E-state index contributed by atoms with van der Waals surface area (Å²) in [6.45, 7) is 16.2. The van der Waals surface area contributed by atoms with E-state index in [-0.39, 0.29) is 0 Å². The SMILES string of the molecule is CC(C)(C)CN1[C@@H]2CCCC[C@H]2N(CC(C)(C)C)P1Cl. The molecule has 20 heavy (non-hydrogen) atoms. The van der Waals surface area contributed by atoms with Crippen LogP contribution in [0.2, 0.25) is 0 Å². The van der Waals surface area contributed by atoms with Gasteiger partial charge in [-0.2, -0.15) is 0 Å². The van der Waals surface area contributed by atoms with Gasteiger partial charge in [0.2, 0.25) is 0 Å². The number of nitrogens with zero attached hydrogens (tertiary/aromatic N) is 2. The van der Waals surface area contributed by atoms with E-state index in [0.717, 1.165) is 13.1 Å². The zero-order valence-corrected chi connectivity index (χ0v) is 15.8. The van der Waals surface area contributed by atoms with E-state index in [4.69, 9.17) is 11.2 Å². The first kappa shape index (κ1) is 17.0. The van der Waals surface area contributed by atoms with E-state index in [2.05, 4.69) is 50.9 Å². The van der Waals surface area contributed by atoms with Gasteiger partial charge < -0.3 is 0 Å². The molecule has 2 nitrogen and oxygen atoms in total. The highest BCUT2D eigenvalue weighted by Gasteiger charge is 2.48. The zero-order valence-electron chi connectivity index (χ0n) is 14.1. The second-order valence-electron chi connectivity index (χ2n) is 8.98. The molecule has 2 fully saturated rings. The molecule has 0 aromatic heterocycles. The Morgan fingerprint density at radius 2 is 1.20 bits per heavy atom. The first-order valence-electron chi connectivity index (χ1n) is 8.07. The molecule has 118 valence electrons. The van der Waals surface area contributed by atoms with Crippen molar-refractivity contribution < 1.29 is 0 Å². The van der Waals surface area contributed by atoms with Gasteiger partial charge in [-0.3, -0.25) is 9.34 Å². The monoisotopic (exact) mass is 318 g/mol. The molecule has 0 unspecified atom stereocenters. The van der Waals surface area contributed by atoms with Crippen molar-refractivity contribution >= 4 is 18.8 Å². The topological polar surface area (TPSA) is 6.48 Å². The minimum Gasteiger partial charge on any atom is -0.252 e. The van der Waals surface area contributed by atoms with Crippen LogP contribution < -0.4 is 0 Å². The molecule has 0 bridgehead atoms. The average molecular weight is 319 g/mol. The Morgan fingerprint density at radius 1 is 0.850 bits per heavy atom. The second-order valence-corrected chi connectivity index (χ2v) is 11.4. The molecule has 2 atom stereocenters. The minimum atomic E-state index is -0.632. The summed E-state index contributed by atoms with van der Waals surface area (Å²) in [6.07, 6.45) is 5.44. The molecule has 4 heteroatoms. The highest BCUT2D eigenvalue weighted by Crippen LogP contribution is 2.61. The molecule has 0 aromatic carbocycles. The van der Waals surface area contributed by atoms with E-state index in [0.29, 0.717) is 22.9 Å². The van der Waals surface area contributed by atoms with Crippen LogP contribution in [-0.2, 0) is 0 Å². The van der Waals surface area contributed by atoms with Gasteiger partial charge in [0, 0.05) is 25.2 Å². The summed E-state index contributed by atoms with van der Waals surface area (Å²) in [5, 5.41) is 0. The van der Waals surface area contributed by atoms with Crippen molar-refractivity contribution in [1.29, 1.82) is 0 Å². The normalized spacial score (nSPS) is 30.8. The maximum atomic E-state index is 6.95. The smallest absolute Gasteiger partial charge is 0.140 e. The molecule has 0 amide bonds. The summed E-state index contributed by atoms with van der Waals surface area (Å²) in [7, 11) is -0.632. The summed E-state index contributed by atoms with van der Waals surface area (Å²) >= 11 is 6.95. The Balaban J connectivity index is 2.17. The molecule has 1 aliphatic carbocycles. The summed E-state index contributed by atoms with van der Waals surface area (Å²) in [4.78, 5) is 0. The minimum absolute atomic E-state index is 0.329. The Labute approximate surface area is 131 Å². The standard InChI is InChI=1S/C16H32ClN2P/c1-15(2,3)11-18-13-9-7-8-10-14(13)19(20(18)17)12-16(4,5)6/h13-14H,7-12H2,1-6H3/t13-,14-/m1/s1. The average Bonchev–Trinajstić information content (AvgIpc) is 2.52. The number of hydrogen-bond donors (Lipinski definition) is 0. The molecule has 2 aliphatic rings. The van der Waals surface area contributed by atoms with Crippen molar-refractivity contribution in [2.75, 3.05) is 13.1 Å². The fourth-order valence-corrected chi connectivity index (χ4v) is 6.90. The number of fused-ring (bicyclic) bond motifs is 1. The Hall–Kier alpha value is 0.640. The van der Waals surface area contributed by atoms with Crippen molar-refractivity contribution in [3.8, 4) is 0 Å². The number of halogens is 1. The number of rotatable bonds is 2. The summed E-state index contributed by atoms with van der Waals surface area (Å²) in [5.74, 6) is 0. The van der Waals surface area contributed by atoms with Crippen molar-refractivity contribution in [2.24, 2.45) is 10.8 Å². The van der Waals surface area contributed by atoms with Gasteiger partial charge in [0.25, 0.3) is 0 Å². The van der Waals surface area contributed by atoms with E-state index >= 15 is 0 Å². The molecular weight excluding hydrogens is 287 g/mol. The third-order valence-corrected chi connectivity index (χ3v) is 7.05. The molecule has 0 spiro atoms. The van der Waals surface area contributed by atoms with Gasteiger partial charge in [-0.05, 0) is 23.7 Å². The maximum absolute atomic E-state index is 6.95. The van der Waals surface area contributed by atoms with E-state index in [1.165, 1.54) is 25.7 Å². The Morgan fingerprint density at radius 3 is 1.50 bits per heavy atom. The number of hydrogen-bond acceptors (Lipinski definition) is 2. The molecule has 1 aliphatic heterocycles. The van der Waals surface area contributed by atoms with Crippen molar-refractivity contribution in [3.05, 3.63) is 0 Å². The maximum Gasteiger partial charge on any atom is 0.140 e. The van der Waals surface area contributed by atoms with Crippen molar-refractivity contribution in [2.45, 2.75) is 79.3 Å². The van der Waals surface area contributed by atoms with E-state index in [1.807, 2.05) is 0 Å². The molecule has 1 saturated carbocycles. The summed E-state index contributed by atoms with van der Waals surface area (Å²) in [5.41, 5.74) is 0.657. The largest absolute Gasteiger partial charge is 0.252 e. The van der Waals surface area contributed by atoms with Crippen LogP contribution in [0, 0.1) is 10.8 Å². The van der Waals surface area contributed by atoms with Crippen molar-refractivity contribution in [1.82, 2.24) is 9.34 Å². The van der Waals surface area contributed by atoms with Crippen molar-refractivity contribution in [3.63, 3.8) is 0 Å². The van der Waals surface area contributed by atoms with Crippen LogP contribution in [0.3, 0.4) is 0 Å². The van der Waals surface area contributed by atoms with Crippen LogP contribution in [-0.4, -0.2) is 34.5 Å². The van der Waals surface area contributed by atoms with Crippen LogP contribution in [0.25, 0.3) is 0 Å². The first-order valence-corrected chi connectivity index (χ1v) is 10.2. The van der Waals surface area contributed by atoms with E-state index in [9.17, 15) is 0 Å². The van der Waals surface area contributed by atoms with Crippen LogP contribution >= 0.6 is 18.8 Å². The summed E-state index contributed by atoms with van der Waals surface area (Å²) < 4.78 is 5.29.